The fourth-order valence-corrected chi connectivity index (χ4v) is 3.28. The summed E-state index contributed by atoms with van der Waals surface area (Å²) in [6.45, 7) is 1.65. The predicted molar refractivity (Wildman–Crippen MR) is 99.1 cm³/mol. The van der Waals surface area contributed by atoms with Gasteiger partial charge in [0.05, 0.1) is 6.42 Å². The van der Waals surface area contributed by atoms with Crippen molar-refractivity contribution in [1.82, 2.24) is 16.0 Å². The Labute approximate surface area is 148 Å². The van der Waals surface area contributed by atoms with Crippen LogP contribution in [0.3, 0.4) is 0 Å². The topological polar surface area (TPSA) is 70.2 Å². The fraction of sp³-hybridized carbons (Fsp3) is 0.556. The summed E-state index contributed by atoms with van der Waals surface area (Å²) >= 11 is 1.68. The lowest BCUT2D eigenvalue weighted by molar-refractivity contribution is -0.128. The summed E-state index contributed by atoms with van der Waals surface area (Å²) < 4.78 is 0. The van der Waals surface area contributed by atoms with E-state index in [1.54, 1.807) is 11.8 Å². The number of carbonyl (C=O) groups excluding carboxylic acids is 2. The van der Waals surface area contributed by atoms with E-state index in [9.17, 15) is 9.59 Å². The summed E-state index contributed by atoms with van der Waals surface area (Å²) in [4.78, 5) is 24.7. The van der Waals surface area contributed by atoms with Gasteiger partial charge < -0.3 is 16.0 Å². The molecule has 2 rings (SSSR count). The van der Waals surface area contributed by atoms with Gasteiger partial charge in [0.1, 0.15) is 6.04 Å². The van der Waals surface area contributed by atoms with E-state index in [0.717, 1.165) is 30.7 Å². The van der Waals surface area contributed by atoms with Gasteiger partial charge in [0.2, 0.25) is 11.8 Å². The van der Waals surface area contributed by atoms with Gasteiger partial charge in [-0.2, -0.15) is 11.8 Å². The maximum absolute atomic E-state index is 12.4. The minimum absolute atomic E-state index is 0.0841. The van der Waals surface area contributed by atoms with Crippen LogP contribution in [0.25, 0.3) is 0 Å². The van der Waals surface area contributed by atoms with Crippen molar-refractivity contribution in [3.8, 4) is 0 Å². The fourth-order valence-electron chi connectivity index (χ4n) is 2.81. The van der Waals surface area contributed by atoms with Gasteiger partial charge in [0.15, 0.2) is 0 Å². The number of hydrogen-bond donors (Lipinski definition) is 3. The van der Waals surface area contributed by atoms with E-state index in [4.69, 9.17) is 0 Å². The highest BCUT2D eigenvalue weighted by molar-refractivity contribution is 7.98. The first kappa shape index (κ1) is 18.8. The van der Waals surface area contributed by atoms with Gasteiger partial charge in [0, 0.05) is 12.6 Å². The third kappa shape index (κ3) is 6.53. The highest BCUT2D eigenvalue weighted by Gasteiger charge is 2.22. The number of hydrogen-bond acceptors (Lipinski definition) is 4. The molecule has 1 fully saturated rings. The standard InChI is InChI=1S/C18H27N3O2S/c1-24-11-9-16(18(23)20-13-15-8-5-10-19-15)21-17(22)12-14-6-3-2-4-7-14/h2-4,6-7,15-16,19H,5,8-13H2,1H3,(H,20,23)(H,21,22). The molecular formula is C18H27N3O2S. The lowest BCUT2D eigenvalue weighted by Crippen LogP contribution is -2.49. The Bertz CT molecular complexity index is 518. The maximum atomic E-state index is 12.4. The molecule has 2 atom stereocenters. The number of benzene rings is 1. The lowest BCUT2D eigenvalue weighted by atomic mass is 10.1. The Kier molecular flexibility index (Phi) is 8.12. The minimum Gasteiger partial charge on any atom is -0.353 e. The van der Waals surface area contributed by atoms with Crippen LogP contribution in [0, 0.1) is 0 Å². The van der Waals surface area contributed by atoms with Crippen molar-refractivity contribution in [1.29, 1.82) is 0 Å². The van der Waals surface area contributed by atoms with Crippen molar-refractivity contribution in [3.05, 3.63) is 35.9 Å². The largest absolute Gasteiger partial charge is 0.353 e. The second kappa shape index (κ2) is 10.4. The van der Waals surface area contributed by atoms with Crippen LogP contribution in [0.15, 0.2) is 30.3 Å². The van der Waals surface area contributed by atoms with Gasteiger partial charge in [-0.05, 0) is 43.4 Å². The Hall–Kier alpha value is -1.53. The first-order valence-corrected chi connectivity index (χ1v) is 9.91. The summed E-state index contributed by atoms with van der Waals surface area (Å²) in [6, 6.07) is 9.48. The van der Waals surface area contributed by atoms with Gasteiger partial charge in [-0.15, -0.1) is 0 Å². The van der Waals surface area contributed by atoms with Crippen LogP contribution < -0.4 is 16.0 Å². The molecule has 2 amide bonds. The normalized spacial score (nSPS) is 18.1. The monoisotopic (exact) mass is 349 g/mol. The van der Waals surface area contributed by atoms with E-state index in [-0.39, 0.29) is 11.8 Å². The zero-order valence-corrected chi connectivity index (χ0v) is 15.0. The van der Waals surface area contributed by atoms with Crippen LogP contribution in [-0.2, 0) is 16.0 Å². The summed E-state index contributed by atoms with van der Waals surface area (Å²) in [5, 5.41) is 9.23. The molecular weight excluding hydrogens is 322 g/mol. The van der Waals surface area contributed by atoms with Gasteiger partial charge in [-0.25, -0.2) is 0 Å². The molecule has 0 aromatic heterocycles. The third-order valence-corrected chi connectivity index (χ3v) is 4.80. The molecule has 0 spiro atoms. The lowest BCUT2D eigenvalue weighted by Gasteiger charge is -2.20. The highest BCUT2D eigenvalue weighted by Crippen LogP contribution is 2.06. The van der Waals surface area contributed by atoms with E-state index in [2.05, 4.69) is 16.0 Å². The van der Waals surface area contributed by atoms with E-state index in [0.29, 0.717) is 25.4 Å². The molecule has 0 aliphatic carbocycles. The van der Waals surface area contributed by atoms with Crippen molar-refractivity contribution in [2.45, 2.75) is 37.8 Å². The molecule has 24 heavy (non-hydrogen) atoms. The second-order valence-electron chi connectivity index (χ2n) is 6.10. The SMILES string of the molecule is CSCCC(NC(=O)Cc1ccccc1)C(=O)NCC1CCCN1. The van der Waals surface area contributed by atoms with Crippen molar-refractivity contribution >= 4 is 23.6 Å². The Morgan fingerprint density at radius 1 is 1.33 bits per heavy atom. The number of nitrogens with one attached hydrogen (secondary N) is 3. The number of carbonyl (C=O) groups is 2. The van der Waals surface area contributed by atoms with Crippen molar-refractivity contribution < 1.29 is 9.59 Å². The van der Waals surface area contributed by atoms with Crippen LogP contribution in [0.2, 0.25) is 0 Å². The summed E-state index contributed by atoms with van der Waals surface area (Å²) in [5.74, 6) is 0.645. The van der Waals surface area contributed by atoms with Crippen molar-refractivity contribution in [3.63, 3.8) is 0 Å². The highest BCUT2D eigenvalue weighted by atomic mass is 32.2. The predicted octanol–water partition coefficient (Wildman–Crippen LogP) is 1.34. The molecule has 1 aliphatic heterocycles. The molecule has 2 unspecified atom stereocenters. The average Bonchev–Trinajstić information content (AvgIpc) is 3.11. The smallest absolute Gasteiger partial charge is 0.242 e. The quantitative estimate of drug-likeness (QED) is 0.629. The van der Waals surface area contributed by atoms with E-state index in [1.165, 1.54) is 0 Å². The molecule has 1 aromatic rings. The van der Waals surface area contributed by atoms with E-state index in [1.807, 2.05) is 36.6 Å². The zero-order chi connectivity index (χ0) is 17.2. The first-order valence-electron chi connectivity index (χ1n) is 8.52. The van der Waals surface area contributed by atoms with Crippen LogP contribution in [0.1, 0.15) is 24.8 Å². The number of amides is 2. The summed E-state index contributed by atoms with van der Waals surface area (Å²) in [5.41, 5.74) is 0.953. The Balaban J connectivity index is 1.83. The van der Waals surface area contributed by atoms with Crippen LogP contribution in [0.4, 0.5) is 0 Å². The van der Waals surface area contributed by atoms with Gasteiger partial charge in [-0.3, -0.25) is 9.59 Å². The van der Waals surface area contributed by atoms with E-state index >= 15 is 0 Å². The molecule has 132 valence electrons. The average molecular weight is 350 g/mol. The van der Waals surface area contributed by atoms with E-state index < -0.39 is 6.04 Å². The Morgan fingerprint density at radius 3 is 2.79 bits per heavy atom. The molecule has 1 saturated heterocycles. The van der Waals surface area contributed by atoms with Gasteiger partial charge in [-0.1, -0.05) is 30.3 Å². The number of rotatable bonds is 9. The molecule has 0 saturated carbocycles. The van der Waals surface area contributed by atoms with Gasteiger partial charge in [0.25, 0.3) is 0 Å². The summed E-state index contributed by atoms with van der Waals surface area (Å²) in [6.07, 6.45) is 5.20. The maximum Gasteiger partial charge on any atom is 0.242 e. The molecule has 1 aromatic carbocycles. The minimum atomic E-state index is -0.463. The third-order valence-electron chi connectivity index (χ3n) is 4.15. The molecule has 1 aliphatic rings. The zero-order valence-electron chi connectivity index (χ0n) is 14.2. The van der Waals surface area contributed by atoms with Crippen LogP contribution in [0.5, 0.6) is 0 Å². The van der Waals surface area contributed by atoms with Crippen LogP contribution >= 0.6 is 11.8 Å². The molecule has 0 radical (unpaired) electrons. The summed E-state index contributed by atoms with van der Waals surface area (Å²) in [7, 11) is 0. The second-order valence-corrected chi connectivity index (χ2v) is 7.09. The molecule has 5 nitrogen and oxygen atoms in total. The Morgan fingerprint density at radius 2 is 2.12 bits per heavy atom. The van der Waals surface area contributed by atoms with Crippen molar-refractivity contribution in [2.75, 3.05) is 25.1 Å². The van der Waals surface area contributed by atoms with Crippen molar-refractivity contribution in [2.24, 2.45) is 0 Å². The van der Waals surface area contributed by atoms with Crippen LogP contribution in [-0.4, -0.2) is 49.0 Å². The molecule has 6 heteroatoms. The van der Waals surface area contributed by atoms with Gasteiger partial charge >= 0.3 is 0 Å². The molecule has 0 bridgehead atoms. The number of thioether (sulfide) groups is 1. The first-order chi connectivity index (χ1) is 11.7. The molecule has 1 heterocycles. The molecule has 3 N–H and O–H groups in total.